The minimum absolute atomic E-state index is 0.552. The molecule has 1 aliphatic rings. The van der Waals surface area contributed by atoms with E-state index in [-0.39, 0.29) is 0 Å². The van der Waals surface area contributed by atoms with Crippen LogP contribution in [0.1, 0.15) is 49.4 Å². The van der Waals surface area contributed by atoms with Gasteiger partial charge in [-0.2, -0.15) is 5.10 Å². The van der Waals surface area contributed by atoms with Gasteiger partial charge in [0.05, 0.1) is 15.9 Å². The van der Waals surface area contributed by atoms with Gasteiger partial charge in [-0.15, -0.1) is 0 Å². The van der Waals surface area contributed by atoms with E-state index in [1.165, 1.54) is 37.8 Å². The normalized spacial score (nSPS) is 18.3. The van der Waals surface area contributed by atoms with Crippen LogP contribution in [-0.4, -0.2) is 9.78 Å². The van der Waals surface area contributed by atoms with E-state index in [0.717, 1.165) is 10.2 Å². The van der Waals surface area contributed by atoms with Crippen LogP contribution in [0.25, 0.3) is 0 Å². The van der Waals surface area contributed by atoms with Crippen molar-refractivity contribution in [3.8, 4) is 0 Å². The summed E-state index contributed by atoms with van der Waals surface area (Å²) in [6, 6.07) is 0. The summed E-state index contributed by atoms with van der Waals surface area (Å²) in [7, 11) is 1.97. The van der Waals surface area contributed by atoms with Crippen molar-refractivity contribution in [2.75, 3.05) is 0 Å². The number of aromatic nitrogens is 2. The maximum Gasteiger partial charge on any atom is 0.0800 e. The van der Waals surface area contributed by atoms with Crippen molar-refractivity contribution >= 4 is 15.9 Å². The molecule has 0 unspecified atom stereocenters. The molecule has 0 atom stereocenters. The fourth-order valence-electron chi connectivity index (χ4n) is 2.41. The number of halogens is 1. The number of hydrogen-bond donors (Lipinski definition) is 1. The van der Waals surface area contributed by atoms with Crippen molar-refractivity contribution in [1.29, 1.82) is 0 Å². The summed E-state index contributed by atoms with van der Waals surface area (Å²) in [6.45, 7) is 0.552. The molecule has 0 aliphatic heterocycles. The van der Waals surface area contributed by atoms with Gasteiger partial charge in [-0.25, -0.2) is 0 Å². The summed E-state index contributed by atoms with van der Waals surface area (Å²) in [5, 5.41) is 4.59. The quantitative estimate of drug-likeness (QED) is 0.899. The average Bonchev–Trinajstić information content (AvgIpc) is 2.55. The van der Waals surface area contributed by atoms with Crippen molar-refractivity contribution in [2.45, 2.75) is 44.6 Å². The van der Waals surface area contributed by atoms with Crippen LogP contribution >= 0.6 is 15.9 Å². The molecule has 3 nitrogen and oxygen atoms in total. The van der Waals surface area contributed by atoms with E-state index >= 15 is 0 Å². The lowest BCUT2D eigenvalue weighted by Crippen LogP contribution is -2.06. The molecule has 1 heterocycles. The molecule has 84 valence electrons. The summed E-state index contributed by atoms with van der Waals surface area (Å²) in [4.78, 5) is 0. The molecule has 0 amide bonds. The maximum absolute atomic E-state index is 5.70. The average molecular weight is 272 g/mol. The lowest BCUT2D eigenvalue weighted by atomic mass is 9.87. The molecule has 1 saturated carbocycles. The van der Waals surface area contributed by atoms with Crippen LogP contribution in [0.2, 0.25) is 0 Å². The van der Waals surface area contributed by atoms with Gasteiger partial charge in [0.2, 0.25) is 0 Å². The van der Waals surface area contributed by atoms with Crippen LogP contribution < -0.4 is 5.73 Å². The largest absolute Gasteiger partial charge is 0.325 e. The molecule has 0 saturated heterocycles. The summed E-state index contributed by atoms with van der Waals surface area (Å²) in [5.41, 5.74) is 8.03. The fourth-order valence-corrected chi connectivity index (χ4v) is 3.24. The van der Waals surface area contributed by atoms with E-state index in [9.17, 15) is 0 Å². The molecule has 2 rings (SSSR count). The van der Waals surface area contributed by atoms with Gasteiger partial charge in [-0.3, -0.25) is 4.68 Å². The number of nitrogens with two attached hydrogens (primary N) is 1. The van der Waals surface area contributed by atoms with Crippen LogP contribution in [0.3, 0.4) is 0 Å². The van der Waals surface area contributed by atoms with Crippen molar-refractivity contribution in [3.05, 3.63) is 15.9 Å². The molecule has 2 N–H and O–H groups in total. The lowest BCUT2D eigenvalue weighted by Gasteiger charge is -2.19. The highest BCUT2D eigenvalue weighted by atomic mass is 79.9. The van der Waals surface area contributed by atoms with Gasteiger partial charge in [-0.1, -0.05) is 19.3 Å². The van der Waals surface area contributed by atoms with Crippen molar-refractivity contribution in [3.63, 3.8) is 0 Å². The topological polar surface area (TPSA) is 43.8 Å². The Bertz CT molecular complexity index is 340. The van der Waals surface area contributed by atoms with E-state index in [1.807, 2.05) is 11.7 Å². The second kappa shape index (κ2) is 4.66. The Morgan fingerprint density at radius 2 is 2.07 bits per heavy atom. The molecular weight excluding hydrogens is 254 g/mol. The van der Waals surface area contributed by atoms with E-state index < -0.39 is 0 Å². The predicted octanol–water partition coefficient (Wildman–Crippen LogP) is 2.69. The third-order valence-corrected chi connectivity index (χ3v) is 4.18. The Morgan fingerprint density at radius 3 is 2.60 bits per heavy atom. The Kier molecular flexibility index (Phi) is 3.46. The standard InChI is InChI=1S/C11H18BrN3/c1-15-9(7-13)10(12)11(14-15)8-5-3-2-4-6-8/h8H,2-7,13H2,1H3. The Morgan fingerprint density at radius 1 is 1.40 bits per heavy atom. The second-order valence-corrected chi connectivity index (χ2v) is 5.10. The van der Waals surface area contributed by atoms with Gasteiger partial charge in [0.25, 0.3) is 0 Å². The summed E-state index contributed by atoms with van der Waals surface area (Å²) < 4.78 is 3.05. The van der Waals surface area contributed by atoms with Gasteiger partial charge >= 0.3 is 0 Å². The molecule has 1 aromatic heterocycles. The molecule has 0 aromatic carbocycles. The fraction of sp³-hybridized carbons (Fsp3) is 0.727. The highest BCUT2D eigenvalue weighted by Crippen LogP contribution is 2.36. The third-order valence-electron chi connectivity index (χ3n) is 3.31. The van der Waals surface area contributed by atoms with Gasteiger partial charge in [0.1, 0.15) is 0 Å². The van der Waals surface area contributed by atoms with E-state index in [4.69, 9.17) is 5.73 Å². The number of nitrogens with zero attached hydrogens (tertiary/aromatic N) is 2. The number of rotatable bonds is 2. The van der Waals surface area contributed by atoms with Crippen molar-refractivity contribution in [1.82, 2.24) is 9.78 Å². The zero-order valence-electron chi connectivity index (χ0n) is 9.17. The molecule has 1 aliphatic carbocycles. The minimum atomic E-state index is 0.552. The first-order chi connectivity index (χ1) is 7.24. The van der Waals surface area contributed by atoms with Crippen molar-refractivity contribution in [2.24, 2.45) is 12.8 Å². The molecule has 1 aromatic rings. The van der Waals surface area contributed by atoms with E-state index in [2.05, 4.69) is 21.0 Å². The molecule has 1 fully saturated rings. The zero-order valence-corrected chi connectivity index (χ0v) is 10.8. The molecule has 4 heteroatoms. The van der Waals surface area contributed by atoms with Gasteiger partial charge in [0, 0.05) is 19.5 Å². The first kappa shape index (κ1) is 11.1. The monoisotopic (exact) mass is 271 g/mol. The Balaban J connectivity index is 2.27. The van der Waals surface area contributed by atoms with Crippen LogP contribution in [0.5, 0.6) is 0 Å². The lowest BCUT2D eigenvalue weighted by molar-refractivity contribution is 0.432. The van der Waals surface area contributed by atoms with Crippen LogP contribution in [-0.2, 0) is 13.6 Å². The second-order valence-electron chi connectivity index (χ2n) is 4.31. The zero-order chi connectivity index (χ0) is 10.8. The molecule has 0 radical (unpaired) electrons. The molecule has 0 spiro atoms. The number of aryl methyl sites for hydroxylation is 1. The predicted molar refractivity (Wildman–Crippen MR) is 64.6 cm³/mol. The smallest absolute Gasteiger partial charge is 0.0800 e. The summed E-state index contributed by atoms with van der Waals surface area (Å²) in [5.74, 6) is 0.639. The first-order valence-corrected chi connectivity index (χ1v) is 6.44. The SMILES string of the molecule is Cn1nc(C2CCCCC2)c(Br)c1CN. The Hall–Kier alpha value is -0.350. The van der Waals surface area contributed by atoms with Crippen LogP contribution in [0.4, 0.5) is 0 Å². The van der Waals surface area contributed by atoms with Gasteiger partial charge in [-0.05, 0) is 28.8 Å². The van der Waals surface area contributed by atoms with Crippen LogP contribution in [0.15, 0.2) is 4.47 Å². The third kappa shape index (κ3) is 2.11. The Labute approximate surface area is 99.2 Å². The maximum atomic E-state index is 5.70. The van der Waals surface area contributed by atoms with Crippen molar-refractivity contribution < 1.29 is 0 Å². The number of hydrogen-bond acceptors (Lipinski definition) is 2. The minimum Gasteiger partial charge on any atom is -0.325 e. The molecular formula is C11H18BrN3. The van der Waals surface area contributed by atoms with E-state index in [0.29, 0.717) is 12.5 Å². The first-order valence-electron chi connectivity index (χ1n) is 5.65. The summed E-state index contributed by atoms with van der Waals surface area (Å²) >= 11 is 3.63. The van der Waals surface area contributed by atoms with Gasteiger partial charge < -0.3 is 5.73 Å². The highest BCUT2D eigenvalue weighted by molar-refractivity contribution is 9.10. The van der Waals surface area contributed by atoms with Crippen LogP contribution in [0, 0.1) is 0 Å². The van der Waals surface area contributed by atoms with Gasteiger partial charge in [0.15, 0.2) is 0 Å². The van der Waals surface area contributed by atoms with E-state index in [1.54, 1.807) is 0 Å². The molecule has 0 bridgehead atoms. The summed E-state index contributed by atoms with van der Waals surface area (Å²) in [6.07, 6.45) is 6.61. The highest BCUT2D eigenvalue weighted by Gasteiger charge is 2.23. The molecule has 15 heavy (non-hydrogen) atoms.